The van der Waals surface area contributed by atoms with Gasteiger partial charge in [-0.25, -0.2) is 0 Å². The highest BCUT2D eigenvalue weighted by molar-refractivity contribution is 7.13. The van der Waals surface area contributed by atoms with E-state index in [0.29, 0.717) is 12.8 Å². The molecule has 3 atom stereocenters. The fraction of sp³-hybridized carbons (Fsp3) is 0.440. The van der Waals surface area contributed by atoms with E-state index in [1.807, 2.05) is 11.1 Å². The number of rotatable bonds is 5. The number of H-pyrrole nitrogens is 1. The van der Waals surface area contributed by atoms with E-state index in [1.54, 1.807) is 11.3 Å². The van der Waals surface area contributed by atoms with E-state index < -0.39 is 5.97 Å². The number of aliphatic carboxylic acids is 1. The van der Waals surface area contributed by atoms with E-state index in [9.17, 15) is 14.7 Å². The Hall–Kier alpha value is -2.60. The zero-order chi connectivity index (χ0) is 21.4. The van der Waals surface area contributed by atoms with Gasteiger partial charge in [0.05, 0.1) is 5.92 Å². The Morgan fingerprint density at radius 3 is 2.84 bits per heavy atom. The SMILES string of the molecule is O=C(O)C1CCCC2C1CCCN2C(=O)CCc1c[nH]c2cccc(-c3cccs3)c12. The summed E-state index contributed by atoms with van der Waals surface area (Å²) in [5.41, 5.74) is 3.49. The van der Waals surface area contributed by atoms with Crippen molar-refractivity contribution in [1.82, 2.24) is 9.88 Å². The second-order valence-electron chi connectivity index (χ2n) is 8.86. The molecule has 0 spiro atoms. The Bertz CT molecular complexity index is 1090. The number of nitrogens with one attached hydrogen (secondary N) is 1. The molecule has 6 heteroatoms. The number of hydrogen-bond donors (Lipinski definition) is 2. The van der Waals surface area contributed by atoms with Crippen molar-refractivity contribution >= 4 is 34.1 Å². The molecular weight excluding hydrogens is 408 g/mol. The molecular formula is C25H28N2O3S. The first kappa shape index (κ1) is 20.3. The summed E-state index contributed by atoms with van der Waals surface area (Å²) in [4.78, 5) is 31.6. The summed E-state index contributed by atoms with van der Waals surface area (Å²) in [5, 5.41) is 12.9. The van der Waals surface area contributed by atoms with Gasteiger partial charge in [0.2, 0.25) is 5.91 Å². The summed E-state index contributed by atoms with van der Waals surface area (Å²) in [5.74, 6) is -0.702. The van der Waals surface area contributed by atoms with Crippen LogP contribution in [0, 0.1) is 11.8 Å². The standard InChI is InChI=1S/C25H28N2O3S/c28-23(27-13-3-7-17-18(25(29)30)5-2-9-21(17)27)12-11-16-15-26-20-8-1-6-19(24(16)20)22-10-4-14-31-22/h1,4,6,8,10,14-15,17-18,21,26H,2-3,5,7,9,11-13H2,(H,29,30). The van der Waals surface area contributed by atoms with Crippen LogP contribution in [-0.2, 0) is 16.0 Å². The van der Waals surface area contributed by atoms with Crippen molar-refractivity contribution < 1.29 is 14.7 Å². The van der Waals surface area contributed by atoms with Gasteiger partial charge in [0, 0.05) is 46.5 Å². The molecule has 162 valence electrons. The van der Waals surface area contributed by atoms with Crippen molar-refractivity contribution in [3.8, 4) is 10.4 Å². The monoisotopic (exact) mass is 436 g/mol. The maximum Gasteiger partial charge on any atom is 0.306 e. The highest BCUT2D eigenvalue weighted by Crippen LogP contribution is 2.40. The fourth-order valence-electron chi connectivity index (χ4n) is 5.78. The first-order chi connectivity index (χ1) is 15.1. The summed E-state index contributed by atoms with van der Waals surface area (Å²) < 4.78 is 0. The van der Waals surface area contributed by atoms with Gasteiger partial charge >= 0.3 is 5.97 Å². The molecule has 2 fully saturated rings. The van der Waals surface area contributed by atoms with Crippen LogP contribution in [0.3, 0.4) is 0 Å². The smallest absolute Gasteiger partial charge is 0.306 e. The lowest BCUT2D eigenvalue weighted by molar-refractivity contribution is -0.151. The van der Waals surface area contributed by atoms with Gasteiger partial charge in [-0.2, -0.15) is 0 Å². The second-order valence-corrected chi connectivity index (χ2v) is 9.80. The van der Waals surface area contributed by atoms with Gasteiger partial charge in [0.15, 0.2) is 0 Å². The van der Waals surface area contributed by atoms with Crippen LogP contribution in [0.2, 0.25) is 0 Å². The molecule has 2 aromatic heterocycles. The largest absolute Gasteiger partial charge is 0.481 e. The number of aryl methyl sites for hydroxylation is 1. The number of aromatic nitrogens is 1. The van der Waals surface area contributed by atoms with Crippen molar-refractivity contribution in [3.05, 3.63) is 47.5 Å². The fourth-order valence-corrected chi connectivity index (χ4v) is 6.54. The number of carbonyl (C=O) groups excluding carboxylic acids is 1. The van der Waals surface area contributed by atoms with Crippen LogP contribution in [0.15, 0.2) is 41.9 Å². The molecule has 0 bridgehead atoms. The van der Waals surface area contributed by atoms with Crippen LogP contribution < -0.4 is 0 Å². The number of piperidine rings is 1. The summed E-state index contributed by atoms with van der Waals surface area (Å²) in [7, 11) is 0. The lowest BCUT2D eigenvalue weighted by Crippen LogP contribution is -2.53. The Balaban J connectivity index is 1.34. The molecule has 2 N–H and O–H groups in total. The second kappa shape index (κ2) is 8.50. The minimum absolute atomic E-state index is 0.0979. The van der Waals surface area contributed by atoms with E-state index in [2.05, 4.69) is 40.7 Å². The van der Waals surface area contributed by atoms with Crippen LogP contribution in [0.1, 0.15) is 44.1 Å². The van der Waals surface area contributed by atoms with Crippen LogP contribution >= 0.6 is 11.3 Å². The van der Waals surface area contributed by atoms with E-state index >= 15 is 0 Å². The van der Waals surface area contributed by atoms with Gasteiger partial charge in [0.1, 0.15) is 0 Å². The number of carboxylic acid groups (broad SMARTS) is 1. The van der Waals surface area contributed by atoms with E-state index in [1.165, 1.54) is 21.4 Å². The third kappa shape index (κ3) is 3.78. The van der Waals surface area contributed by atoms with E-state index in [4.69, 9.17) is 0 Å². The predicted molar refractivity (Wildman–Crippen MR) is 123 cm³/mol. The molecule has 3 unspecified atom stereocenters. The molecule has 1 saturated carbocycles. The molecule has 5 nitrogen and oxygen atoms in total. The maximum atomic E-state index is 13.2. The Labute approximate surface area is 186 Å². The number of carboxylic acids is 1. The highest BCUT2D eigenvalue weighted by Gasteiger charge is 2.43. The average Bonchev–Trinajstić information content (AvgIpc) is 3.46. The normalized spacial score (nSPS) is 23.6. The molecule has 1 saturated heterocycles. The van der Waals surface area contributed by atoms with Gasteiger partial charge in [-0.3, -0.25) is 9.59 Å². The topological polar surface area (TPSA) is 73.4 Å². The molecule has 3 heterocycles. The van der Waals surface area contributed by atoms with Crippen LogP contribution in [-0.4, -0.2) is 39.5 Å². The molecule has 3 aromatic rings. The molecule has 1 aromatic carbocycles. The first-order valence-corrected chi connectivity index (χ1v) is 12.2. The van der Waals surface area contributed by atoms with Crippen LogP contribution in [0.5, 0.6) is 0 Å². The first-order valence-electron chi connectivity index (χ1n) is 11.3. The number of aromatic amines is 1. The Morgan fingerprint density at radius 1 is 1.13 bits per heavy atom. The number of likely N-dealkylation sites (tertiary alicyclic amines) is 1. The van der Waals surface area contributed by atoms with Crippen molar-refractivity contribution in [2.24, 2.45) is 11.8 Å². The minimum atomic E-state index is -0.691. The van der Waals surface area contributed by atoms with Crippen molar-refractivity contribution in [2.45, 2.75) is 51.0 Å². The number of nitrogens with zero attached hydrogens (tertiary/aromatic N) is 1. The lowest BCUT2D eigenvalue weighted by Gasteiger charge is -2.46. The Kier molecular flexibility index (Phi) is 5.57. The van der Waals surface area contributed by atoms with Gasteiger partial charge in [-0.1, -0.05) is 24.6 Å². The number of amides is 1. The third-order valence-corrected chi connectivity index (χ3v) is 8.09. The predicted octanol–water partition coefficient (Wildman–Crippen LogP) is 5.32. The molecule has 1 aliphatic carbocycles. The zero-order valence-corrected chi connectivity index (χ0v) is 18.4. The number of hydrogen-bond acceptors (Lipinski definition) is 3. The van der Waals surface area contributed by atoms with Crippen molar-refractivity contribution in [1.29, 1.82) is 0 Å². The molecule has 2 aliphatic rings. The summed E-state index contributed by atoms with van der Waals surface area (Å²) in [6.45, 7) is 0.765. The maximum absolute atomic E-state index is 13.2. The number of benzene rings is 1. The van der Waals surface area contributed by atoms with Crippen molar-refractivity contribution in [3.63, 3.8) is 0 Å². The van der Waals surface area contributed by atoms with Gasteiger partial charge in [0.25, 0.3) is 0 Å². The van der Waals surface area contributed by atoms with Gasteiger partial charge in [-0.05, 0) is 61.1 Å². The number of thiophene rings is 1. The Morgan fingerprint density at radius 2 is 2.03 bits per heavy atom. The van der Waals surface area contributed by atoms with Crippen molar-refractivity contribution in [2.75, 3.05) is 6.54 Å². The molecule has 5 rings (SSSR count). The van der Waals surface area contributed by atoms with Crippen LogP contribution in [0.25, 0.3) is 21.3 Å². The summed E-state index contributed by atoms with van der Waals surface area (Å²) in [6, 6.07) is 10.6. The van der Waals surface area contributed by atoms with Gasteiger partial charge in [-0.15, -0.1) is 11.3 Å². The molecule has 1 aliphatic heterocycles. The summed E-state index contributed by atoms with van der Waals surface area (Å²) >= 11 is 1.73. The molecule has 0 radical (unpaired) electrons. The van der Waals surface area contributed by atoms with Crippen LogP contribution in [0.4, 0.5) is 0 Å². The molecule has 31 heavy (non-hydrogen) atoms. The van der Waals surface area contributed by atoms with Gasteiger partial charge < -0.3 is 15.0 Å². The highest BCUT2D eigenvalue weighted by atomic mass is 32.1. The zero-order valence-electron chi connectivity index (χ0n) is 17.5. The lowest BCUT2D eigenvalue weighted by atomic mass is 9.71. The van der Waals surface area contributed by atoms with E-state index in [-0.39, 0.29) is 23.8 Å². The number of carbonyl (C=O) groups is 2. The average molecular weight is 437 g/mol. The quantitative estimate of drug-likeness (QED) is 0.568. The van der Waals surface area contributed by atoms with E-state index in [0.717, 1.165) is 44.2 Å². The minimum Gasteiger partial charge on any atom is -0.481 e. The summed E-state index contributed by atoms with van der Waals surface area (Å²) in [6.07, 6.45) is 7.62. The molecule has 1 amide bonds. The third-order valence-electron chi connectivity index (χ3n) is 7.18. The number of fused-ring (bicyclic) bond motifs is 2.